The second-order valence-corrected chi connectivity index (χ2v) is 7.85. The molecular formula is C19H22F2N2O3S. The van der Waals surface area contributed by atoms with Crippen LogP contribution in [0.4, 0.5) is 14.5 Å². The minimum atomic E-state index is -3.51. The van der Waals surface area contributed by atoms with Gasteiger partial charge in [-0.2, -0.15) is 4.31 Å². The maximum absolute atomic E-state index is 13.1. The topological polar surface area (TPSA) is 66.5 Å². The van der Waals surface area contributed by atoms with E-state index in [0.717, 1.165) is 17.7 Å². The predicted molar refractivity (Wildman–Crippen MR) is 99.9 cm³/mol. The van der Waals surface area contributed by atoms with E-state index < -0.39 is 21.7 Å². The van der Waals surface area contributed by atoms with E-state index in [4.69, 9.17) is 0 Å². The minimum absolute atomic E-state index is 0.126. The fraction of sp³-hybridized carbons (Fsp3) is 0.316. The molecule has 0 radical (unpaired) electrons. The summed E-state index contributed by atoms with van der Waals surface area (Å²) in [6.07, 6.45) is 0.516. The van der Waals surface area contributed by atoms with E-state index in [-0.39, 0.29) is 22.9 Å². The summed E-state index contributed by atoms with van der Waals surface area (Å²) in [5, 5.41) is 2.50. The van der Waals surface area contributed by atoms with Gasteiger partial charge in [0, 0.05) is 31.3 Å². The average Bonchev–Trinajstić information content (AvgIpc) is 2.64. The van der Waals surface area contributed by atoms with E-state index in [1.54, 1.807) is 26.0 Å². The number of amides is 1. The van der Waals surface area contributed by atoms with Crippen LogP contribution in [0.2, 0.25) is 0 Å². The van der Waals surface area contributed by atoms with Crippen LogP contribution in [0.1, 0.15) is 25.8 Å². The molecule has 0 unspecified atom stereocenters. The van der Waals surface area contributed by atoms with E-state index in [0.29, 0.717) is 19.5 Å². The number of benzene rings is 2. The maximum Gasteiger partial charge on any atom is 0.243 e. The molecule has 0 saturated heterocycles. The summed E-state index contributed by atoms with van der Waals surface area (Å²) >= 11 is 0. The van der Waals surface area contributed by atoms with Gasteiger partial charge in [0.1, 0.15) is 0 Å². The van der Waals surface area contributed by atoms with Crippen LogP contribution in [-0.4, -0.2) is 31.7 Å². The molecule has 8 heteroatoms. The van der Waals surface area contributed by atoms with Gasteiger partial charge >= 0.3 is 0 Å². The fourth-order valence-electron chi connectivity index (χ4n) is 2.60. The number of hydrogen-bond donors (Lipinski definition) is 1. The number of anilines is 1. The second-order valence-electron chi connectivity index (χ2n) is 5.91. The van der Waals surface area contributed by atoms with Crippen molar-refractivity contribution in [3.63, 3.8) is 0 Å². The van der Waals surface area contributed by atoms with Crippen LogP contribution >= 0.6 is 0 Å². The van der Waals surface area contributed by atoms with Crippen molar-refractivity contribution in [1.29, 1.82) is 0 Å². The van der Waals surface area contributed by atoms with Gasteiger partial charge in [-0.25, -0.2) is 17.2 Å². The number of carbonyl (C=O) groups excluding carboxylic acids is 1. The van der Waals surface area contributed by atoms with Gasteiger partial charge in [-0.1, -0.05) is 26.0 Å². The largest absolute Gasteiger partial charge is 0.326 e. The van der Waals surface area contributed by atoms with Crippen molar-refractivity contribution in [1.82, 2.24) is 4.31 Å². The Morgan fingerprint density at radius 1 is 1.00 bits per heavy atom. The predicted octanol–water partition coefficient (Wildman–Crippen LogP) is 3.57. The van der Waals surface area contributed by atoms with Crippen molar-refractivity contribution in [2.24, 2.45) is 0 Å². The molecule has 0 aliphatic heterocycles. The summed E-state index contributed by atoms with van der Waals surface area (Å²) in [4.78, 5) is 12.2. The van der Waals surface area contributed by atoms with Gasteiger partial charge in [0.05, 0.1) is 4.90 Å². The Kier molecular flexibility index (Phi) is 7.04. The lowest BCUT2D eigenvalue weighted by Gasteiger charge is -2.18. The van der Waals surface area contributed by atoms with Crippen LogP contribution in [0.25, 0.3) is 0 Å². The van der Waals surface area contributed by atoms with E-state index in [1.807, 2.05) is 0 Å². The van der Waals surface area contributed by atoms with E-state index in [2.05, 4.69) is 5.32 Å². The Balaban J connectivity index is 1.96. The van der Waals surface area contributed by atoms with Crippen LogP contribution in [0.15, 0.2) is 47.4 Å². The fourth-order valence-corrected chi connectivity index (χ4v) is 4.05. The third-order valence-electron chi connectivity index (χ3n) is 4.11. The number of nitrogens with zero attached hydrogens (tertiary/aromatic N) is 1. The van der Waals surface area contributed by atoms with Crippen molar-refractivity contribution in [3.8, 4) is 0 Å². The lowest BCUT2D eigenvalue weighted by Crippen LogP contribution is -2.30. The molecule has 0 saturated carbocycles. The van der Waals surface area contributed by atoms with E-state index in [9.17, 15) is 22.0 Å². The normalized spacial score (nSPS) is 11.6. The molecule has 0 bridgehead atoms. The highest BCUT2D eigenvalue weighted by Crippen LogP contribution is 2.17. The van der Waals surface area contributed by atoms with Crippen LogP contribution in [-0.2, 0) is 21.2 Å². The molecule has 2 aromatic rings. The Morgan fingerprint density at radius 2 is 1.63 bits per heavy atom. The van der Waals surface area contributed by atoms with Crippen LogP contribution in [0.3, 0.4) is 0 Å². The van der Waals surface area contributed by atoms with Gasteiger partial charge in [0.2, 0.25) is 15.9 Å². The number of sulfonamides is 1. The zero-order valence-electron chi connectivity index (χ0n) is 15.2. The zero-order valence-corrected chi connectivity index (χ0v) is 16.0. The molecular weight excluding hydrogens is 374 g/mol. The Labute approximate surface area is 158 Å². The molecule has 1 N–H and O–H groups in total. The Hall–Kier alpha value is -2.32. The van der Waals surface area contributed by atoms with Crippen molar-refractivity contribution in [2.45, 2.75) is 31.6 Å². The molecule has 0 fully saturated rings. The third-order valence-corrected chi connectivity index (χ3v) is 6.17. The lowest BCUT2D eigenvalue weighted by molar-refractivity contribution is -0.116. The molecule has 146 valence electrons. The molecule has 27 heavy (non-hydrogen) atoms. The average molecular weight is 396 g/mol. The van der Waals surface area contributed by atoms with Crippen LogP contribution in [0, 0.1) is 11.6 Å². The molecule has 5 nitrogen and oxygen atoms in total. The number of hydrogen-bond acceptors (Lipinski definition) is 3. The summed E-state index contributed by atoms with van der Waals surface area (Å²) in [6, 6.07) is 9.53. The minimum Gasteiger partial charge on any atom is -0.326 e. The summed E-state index contributed by atoms with van der Waals surface area (Å²) in [7, 11) is -3.51. The molecule has 0 aliphatic carbocycles. The van der Waals surface area contributed by atoms with Gasteiger partial charge in [-0.3, -0.25) is 4.79 Å². The smallest absolute Gasteiger partial charge is 0.243 e. The number of halogens is 2. The third kappa shape index (κ3) is 5.33. The first-order valence-corrected chi connectivity index (χ1v) is 10.1. The van der Waals surface area contributed by atoms with Crippen molar-refractivity contribution >= 4 is 21.6 Å². The maximum atomic E-state index is 13.1. The van der Waals surface area contributed by atoms with Gasteiger partial charge in [-0.15, -0.1) is 0 Å². The molecule has 0 heterocycles. The highest BCUT2D eigenvalue weighted by atomic mass is 32.2. The lowest BCUT2D eigenvalue weighted by atomic mass is 10.1. The van der Waals surface area contributed by atoms with Gasteiger partial charge < -0.3 is 5.32 Å². The SMILES string of the molecule is CCN(CC)S(=O)(=O)c1ccc(CCC(=O)Nc2ccc(F)c(F)c2)cc1. The van der Waals surface area contributed by atoms with Crippen molar-refractivity contribution < 1.29 is 22.0 Å². The first kappa shape index (κ1) is 21.0. The number of rotatable bonds is 8. The first-order chi connectivity index (χ1) is 12.8. The summed E-state index contributed by atoms with van der Waals surface area (Å²) in [5.74, 6) is -2.36. The van der Waals surface area contributed by atoms with E-state index in [1.165, 1.54) is 22.5 Å². The molecule has 0 atom stereocenters. The molecule has 0 aromatic heterocycles. The first-order valence-electron chi connectivity index (χ1n) is 8.62. The number of aryl methyl sites for hydroxylation is 1. The van der Waals surface area contributed by atoms with Crippen molar-refractivity contribution in [2.75, 3.05) is 18.4 Å². The zero-order chi connectivity index (χ0) is 20.0. The standard InChI is InChI=1S/C19H22F2N2O3S/c1-3-23(4-2)27(25,26)16-9-5-14(6-10-16)7-12-19(24)22-15-8-11-17(20)18(21)13-15/h5-6,8-11,13H,3-4,7,12H2,1-2H3,(H,22,24). The van der Waals surface area contributed by atoms with E-state index >= 15 is 0 Å². The number of nitrogens with one attached hydrogen (secondary N) is 1. The monoisotopic (exact) mass is 396 g/mol. The summed E-state index contributed by atoms with van der Waals surface area (Å²) in [6.45, 7) is 4.34. The molecule has 2 aromatic carbocycles. The van der Waals surface area contributed by atoms with Gasteiger partial charge in [-0.05, 0) is 36.2 Å². The second kappa shape index (κ2) is 9.05. The Morgan fingerprint density at radius 3 is 2.19 bits per heavy atom. The molecule has 0 spiro atoms. The van der Waals surface area contributed by atoms with Gasteiger partial charge in [0.15, 0.2) is 11.6 Å². The van der Waals surface area contributed by atoms with Crippen molar-refractivity contribution in [3.05, 3.63) is 59.7 Å². The highest BCUT2D eigenvalue weighted by Gasteiger charge is 2.21. The Bertz CT molecular complexity index is 896. The number of carbonyl (C=O) groups is 1. The molecule has 2 rings (SSSR count). The summed E-state index contributed by atoms with van der Waals surface area (Å²) in [5.41, 5.74) is 0.980. The quantitative estimate of drug-likeness (QED) is 0.742. The van der Waals surface area contributed by atoms with Crippen LogP contribution < -0.4 is 5.32 Å². The molecule has 1 amide bonds. The van der Waals surface area contributed by atoms with Gasteiger partial charge in [0.25, 0.3) is 0 Å². The summed E-state index contributed by atoms with van der Waals surface area (Å²) < 4.78 is 52.3. The van der Waals surface area contributed by atoms with Crippen LogP contribution in [0.5, 0.6) is 0 Å². The highest BCUT2D eigenvalue weighted by molar-refractivity contribution is 7.89. The molecule has 0 aliphatic rings.